The van der Waals surface area contributed by atoms with Crippen molar-refractivity contribution in [1.29, 1.82) is 0 Å². The molecule has 15 heavy (non-hydrogen) atoms. The van der Waals surface area contributed by atoms with Gasteiger partial charge in [0.2, 0.25) is 0 Å². The normalized spacial score (nSPS) is 10.6. The largest absolute Gasteiger partial charge is 0.465 e. The number of carbonyl (C=O) groups is 1. The number of hydrogen-bond acceptors (Lipinski definition) is 4. The number of aromatic nitrogens is 3. The van der Waals surface area contributed by atoms with Crippen molar-refractivity contribution in [1.82, 2.24) is 15.0 Å². The van der Waals surface area contributed by atoms with Crippen LogP contribution in [0.15, 0.2) is 10.8 Å². The lowest BCUT2D eigenvalue weighted by Gasteiger charge is -1.97. The zero-order valence-corrected chi connectivity index (χ0v) is 9.75. The van der Waals surface area contributed by atoms with Crippen LogP contribution in [0.5, 0.6) is 0 Å². The number of aryl methyl sites for hydroxylation is 1. The summed E-state index contributed by atoms with van der Waals surface area (Å²) in [5.41, 5.74) is 2.24. The van der Waals surface area contributed by atoms with Crippen LogP contribution in [0.2, 0.25) is 0 Å². The van der Waals surface area contributed by atoms with E-state index in [1.807, 2.05) is 0 Å². The van der Waals surface area contributed by atoms with Crippen molar-refractivity contribution in [3.63, 3.8) is 0 Å². The molecule has 0 fully saturated rings. The summed E-state index contributed by atoms with van der Waals surface area (Å²) in [6.07, 6.45) is 1.57. The van der Waals surface area contributed by atoms with Crippen molar-refractivity contribution >= 4 is 33.1 Å². The maximum Gasteiger partial charge on any atom is 0.341 e. The van der Waals surface area contributed by atoms with Gasteiger partial charge in [0.15, 0.2) is 5.65 Å². The number of ether oxygens (including phenoxy) is 1. The lowest BCUT2D eigenvalue weighted by molar-refractivity contribution is 0.0602. The molecule has 0 radical (unpaired) electrons. The summed E-state index contributed by atoms with van der Waals surface area (Å²) in [5, 5.41) is 0. The second-order valence-electron chi connectivity index (χ2n) is 3.01. The highest BCUT2D eigenvalue weighted by molar-refractivity contribution is 9.10. The van der Waals surface area contributed by atoms with Crippen molar-refractivity contribution in [3.05, 3.63) is 22.1 Å². The zero-order valence-electron chi connectivity index (χ0n) is 8.17. The van der Waals surface area contributed by atoms with Crippen LogP contribution in [0.25, 0.3) is 11.2 Å². The van der Waals surface area contributed by atoms with Gasteiger partial charge in [0, 0.05) is 5.69 Å². The predicted molar refractivity (Wildman–Crippen MR) is 57.7 cm³/mol. The Hall–Kier alpha value is -1.43. The molecule has 5 nitrogen and oxygen atoms in total. The third-order valence-corrected chi connectivity index (χ3v) is 2.43. The van der Waals surface area contributed by atoms with E-state index in [1.165, 1.54) is 7.11 Å². The van der Waals surface area contributed by atoms with Gasteiger partial charge in [-0.2, -0.15) is 0 Å². The first kappa shape index (κ1) is 10.1. The molecule has 0 saturated carbocycles. The van der Waals surface area contributed by atoms with E-state index in [0.29, 0.717) is 27.0 Å². The molecule has 0 aromatic carbocycles. The topological polar surface area (TPSA) is 67.9 Å². The summed E-state index contributed by atoms with van der Waals surface area (Å²) in [5.74, 6) is -0.411. The van der Waals surface area contributed by atoms with Gasteiger partial charge in [-0.15, -0.1) is 0 Å². The first-order valence-electron chi connectivity index (χ1n) is 4.22. The van der Waals surface area contributed by atoms with Crippen molar-refractivity contribution in [2.45, 2.75) is 6.92 Å². The van der Waals surface area contributed by atoms with Crippen LogP contribution in [0.3, 0.4) is 0 Å². The van der Waals surface area contributed by atoms with E-state index >= 15 is 0 Å². The molecule has 0 saturated heterocycles. The summed E-state index contributed by atoms with van der Waals surface area (Å²) in [7, 11) is 1.34. The molecule has 6 heteroatoms. The maximum absolute atomic E-state index is 11.5. The summed E-state index contributed by atoms with van der Waals surface area (Å²) in [6.45, 7) is 1.78. The standard InChI is InChI=1S/C9H8BrN3O2/c1-4-6(9(14)15-2)7-8(12-4)11-3-5(10)13-7/h3H,1-2H3,(H,11,12). The number of methoxy groups -OCH3 is 1. The Morgan fingerprint density at radius 3 is 3.00 bits per heavy atom. The lowest BCUT2D eigenvalue weighted by atomic mass is 10.2. The Kier molecular flexibility index (Phi) is 2.44. The molecule has 1 N–H and O–H groups in total. The average Bonchev–Trinajstić information content (AvgIpc) is 2.52. The number of nitrogens with zero attached hydrogens (tertiary/aromatic N) is 2. The van der Waals surface area contributed by atoms with Crippen LogP contribution in [0.4, 0.5) is 0 Å². The molecule has 0 atom stereocenters. The maximum atomic E-state index is 11.5. The average molecular weight is 270 g/mol. The molecular weight excluding hydrogens is 262 g/mol. The fourth-order valence-electron chi connectivity index (χ4n) is 1.40. The molecule has 78 valence electrons. The van der Waals surface area contributed by atoms with Gasteiger partial charge in [0.1, 0.15) is 15.7 Å². The van der Waals surface area contributed by atoms with Crippen LogP contribution in [0.1, 0.15) is 16.1 Å². The van der Waals surface area contributed by atoms with Gasteiger partial charge in [-0.25, -0.2) is 14.8 Å². The Balaban J connectivity index is 2.76. The van der Waals surface area contributed by atoms with Crippen molar-refractivity contribution < 1.29 is 9.53 Å². The number of H-pyrrole nitrogens is 1. The first-order chi connectivity index (χ1) is 7.13. The molecule has 0 amide bonds. The summed E-state index contributed by atoms with van der Waals surface area (Å²) in [6, 6.07) is 0. The SMILES string of the molecule is COC(=O)c1c(C)[nH]c2ncc(Br)nc12. The molecule has 2 heterocycles. The minimum absolute atomic E-state index is 0.411. The Bertz CT molecular complexity index is 535. The third kappa shape index (κ3) is 1.61. The summed E-state index contributed by atoms with van der Waals surface area (Å²) >= 11 is 3.21. The first-order valence-corrected chi connectivity index (χ1v) is 5.02. The van der Waals surface area contributed by atoms with Crippen LogP contribution in [-0.4, -0.2) is 28.0 Å². The van der Waals surface area contributed by atoms with Crippen LogP contribution in [-0.2, 0) is 4.74 Å². The monoisotopic (exact) mass is 269 g/mol. The fraction of sp³-hybridized carbons (Fsp3) is 0.222. The Labute approximate surface area is 94.0 Å². The molecule has 0 unspecified atom stereocenters. The predicted octanol–water partition coefficient (Wildman–Crippen LogP) is 1.82. The number of esters is 1. The van der Waals surface area contributed by atoms with Crippen molar-refractivity contribution in [3.8, 4) is 0 Å². The second-order valence-corrected chi connectivity index (χ2v) is 3.82. The van der Waals surface area contributed by atoms with Crippen molar-refractivity contribution in [2.24, 2.45) is 0 Å². The molecule has 0 aliphatic rings. The highest BCUT2D eigenvalue weighted by Gasteiger charge is 2.18. The van der Waals surface area contributed by atoms with E-state index < -0.39 is 5.97 Å². The molecule has 2 aromatic rings. The van der Waals surface area contributed by atoms with E-state index in [4.69, 9.17) is 0 Å². The number of rotatable bonds is 1. The zero-order chi connectivity index (χ0) is 11.0. The van der Waals surface area contributed by atoms with E-state index in [0.717, 1.165) is 0 Å². The second kappa shape index (κ2) is 3.62. The van der Waals surface area contributed by atoms with E-state index in [9.17, 15) is 4.79 Å². The minimum Gasteiger partial charge on any atom is -0.465 e. The highest BCUT2D eigenvalue weighted by atomic mass is 79.9. The lowest BCUT2D eigenvalue weighted by Crippen LogP contribution is -2.02. The van der Waals surface area contributed by atoms with Crippen LogP contribution >= 0.6 is 15.9 Å². The molecule has 0 bridgehead atoms. The number of nitrogens with one attached hydrogen (secondary N) is 1. The Morgan fingerprint density at radius 2 is 2.33 bits per heavy atom. The minimum atomic E-state index is -0.411. The van der Waals surface area contributed by atoms with Gasteiger partial charge in [0.25, 0.3) is 0 Å². The van der Waals surface area contributed by atoms with Gasteiger partial charge < -0.3 is 9.72 Å². The fourth-order valence-corrected chi connectivity index (χ4v) is 1.68. The van der Waals surface area contributed by atoms with Crippen molar-refractivity contribution in [2.75, 3.05) is 7.11 Å². The number of halogens is 1. The smallest absolute Gasteiger partial charge is 0.341 e. The van der Waals surface area contributed by atoms with Gasteiger partial charge in [-0.1, -0.05) is 0 Å². The van der Waals surface area contributed by atoms with E-state index in [1.54, 1.807) is 13.1 Å². The van der Waals surface area contributed by atoms with E-state index in [-0.39, 0.29) is 0 Å². The number of aromatic amines is 1. The Morgan fingerprint density at radius 1 is 1.60 bits per heavy atom. The molecule has 2 aromatic heterocycles. The van der Waals surface area contributed by atoms with Gasteiger partial charge in [0.05, 0.1) is 13.3 Å². The highest BCUT2D eigenvalue weighted by Crippen LogP contribution is 2.20. The molecular formula is C9H8BrN3O2. The van der Waals surface area contributed by atoms with Crippen LogP contribution in [0, 0.1) is 6.92 Å². The number of fused-ring (bicyclic) bond motifs is 1. The molecule has 0 aliphatic heterocycles. The van der Waals surface area contributed by atoms with E-state index in [2.05, 4.69) is 35.6 Å². The van der Waals surface area contributed by atoms with Gasteiger partial charge >= 0.3 is 5.97 Å². The molecule has 0 aliphatic carbocycles. The summed E-state index contributed by atoms with van der Waals surface area (Å²) in [4.78, 5) is 22.8. The third-order valence-electron chi connectivity index (χ3n) is 2.05. The molecule has 0 spiro atoms. The van der Waals surface area contributed by atoms with Gasteiger partial charge in [-0.05, 0) is 22.9 Å². The summed E-state index contributed by atoms with van der Waals surface area (Å²) < 4.78 is 5.26. The quantitative estimate of drug-likeness (QED) is 0.802. The van der Waals surface area contributed by atoms with Crippen LogP contribution < -0.4 is 0 Å². The van der Waals surface area contributed by atoms with Gasteiger partial charge in [-0.3, -0.25) is 0 Å². The molecule has 2 rings (SSSR count). The number of hydrogen-bond donors (Lipinski definition) is 1. The number of carbonyl (C=O) groups excluding carboxylic acids is 1.